The molecular weight excluding hydrogens is 218 g/mol. The van der Waals surface area contributed by atoms with Crippen molar-refractivity contribution in [3.63, 3.8) is 0 Å². The SMILES string of the molecule is CC(=O)NC(C)C(=O)OCCc1ccccc1. The van der Waals surface area contributed by atoms with Crippen LogP contribution in [0.4, 0.5) is 0 Å². The standard InChI is InChI=1S/C13H17NO3/c1-10(14-11(2)15)13(16)17-9-8-12-6-4-3-5-7-12/h3-7,10H,8-9H2,1-2H3,(H,14,15). The molecule has 1 aromatic rings. The lowest BCUT2D eigenvalue weighted by molar-refractivity contribution is -0.147. The summed E-state index contributed by atoms with van der Waals surface area (Å²) in [6, 6.07) is 9.18. The predicted molar refractivity (Wildman–Crippen MR) is 64.4 cm³/mol. The summed E-state index contributed by atoms with van der Waals surface area (Å²) >= 11 is 0. The quantitative estimate of drug-likeness (QED) is 0.782. The van der Waals surface area contributed by atoms with E-state index in [1.165, 1.54) is 6.92 Å². The highest BCUT2D eigenvalue weighted by atomic mass is 16.5. The number of nitrogens with one attached hydrogen (secondary N) is 1. The van der Waals surface area contributed by atoms with Crippen LogP contribution in [0.1, 0.15) is 19.4 Å². The Morgan fingerprint density at radius 2 is 1.94 bits per heavy atom. The van der Waals surface area contributed by atoms with Crippen LogP contribution in [0.2, 0.25) is 0 Å². The second kappa shape index (κ2) is 6.68. The Balaban J connectivity index is 2.27. The topological polar surface area (TPSA) is 55.4 Å². The number of benzene rings is 1. The number of carbonyl (C=O) groups is 2. The van der Waals surface area contributed by atoms with Gasteiger partial charge >= 0.3 is 5.97 Å². The molecule has 92 valence electrons. The number of ether oxygens (including phenoxy) is 1. The van der Waals surface area contributed by atoms with E-state index in [0.717, 1.165) is 5.56 Å². The third-order valence-corrected chi connectivity index (χ3v) is 2.25. The molecule has 1 rings (SSSR count). The van der Waals surface area contributed by atoms with Gasteiger partial charge in [0, 0.05) is 13.3 Å². The van der Waals surface area contributed by atoms with Gasteiger partial charge in [0.05, 0.1) is 6.61 Å². The fourth-order valence-electron chi connectivity index (χ4n) is 1.40. The van der Waals surface area contributed by atoms with Gasteiger partial charge in [0.25, 0.3) is 0 Å². The molecule has 0 spiro atoms. The van der Waals surface area contributed by atoms with Gasteiger partial charge in [0.15, 0.2) is 0 Å². The average Bonchev–Trinajstić information content (AvgIpc) is 2.29. The molecule has 4 heteroatoms. The molecule has 1 N–H and O–H groups in total. The zero-order valence-electron chi connectivity index (χ0n) is 10.1. The largest absolute Gasteiger partial charge is 0.464 e. The van der Waals surface area contributed by atoms with Crippen molar-refractivity contribution in [2.45, 2.75) is 26.3 Å². The normalized spacial score (nSPS) is 11.6. The van der Waals surface area contributed by atoms with Crippen LogP contribution < -0.4 is 5.32 Å². The van der Waals surface area contributed by atoms with Gasteiger partial charge in [-0.15, -0.1) is 0 Å². The van der Waals surface area contributed by atoms with Crippen LogP contribution in [0.5, 0.6) is 0 Å². The van der Waals surface area contributed by atoms with E-state index in [-0.39, 0.29) is 5.91 Å². The van der Waals surface area contributed by atoms with Gasteiger partial charge in [-0.2, -0.15) is 0 Å². The molecule has 0 saturated carbocycles. The van der Waals surface area contributed by atoms with Crippen molar-refractivity contribution in [3.8, 4) is 0 Å². The Kier molecular flexibility index (Phi) is 5.20. The Morgan fingerprint density at radius 3 is 2.53 bits per heavy atom. The molecule has 0 aliphatic rings. The molecule has 1 aromatic carbocycles. The van der Waals surface area contributed by atoms with E-state index in [1.807, 2.05) is 30.3 Å². The summed E-state index contributed by atoms with van der Waals surface area (Å²) in [5.41, 5.74) is 1.12. The molecule has 0 aromatic heterocycles. The van der Waals surface area contributed by atoms with Crippen molar-refractivity contribution in [3.05, 3.63) is 35.9 Å². The fourth-order valence-corrected chi connectivity index (χ4v) is 1.40. The lowest BCUT2D eigenvalue weighted by Gasteiger charge is -2.11. The van der Waals surface area contributed by atoms with Gasteiger partial charge in [-0.1, -0.05) is 30.3 Å². The van der Waals surface area contributed by atoms with E-state index in [4.69, 9.17) is 4.74 Å². The number of hydrogen-bond donors (Lipinski definition) is 1. The number of hydrogen-bond acceptors (Lipinski definition) is 3. The second-order valence-electron chi connectivity index (χ2n) is 3.83. The first-order chi connectivity index (χ1) is 8.09. The van der Waals surface area contributed by atoms with Crippen LogP contribution >= 0.6 is 0 Å². The molecule has 0 aliphatic carbocycles. The van der Waals surface area contributed by atoms with Crippen molar-refractivity contribution in [2.24, 2.45) is 0 Å². The Hall–Kier alpha value is -1.84. The first-order valence-corrected chi connectivity index (χ1v) is 5.57. The molecule has 1 unspecified atom stereocenters. The highest BCUT2D eigenvalue weighted by Crippen LogP contribution is 2.00. The van der Waals surface area contributed by atoms with Gasteiger partial charge in [-0.3, -0.25) is 4.79 Å². The third kappa shape index (κ3) is 5.15. The predicted octanol–water partition coefficient (Wildman–Crippen LogP) is 1.30. The number of rotatable bonds is 5. The van der Waals surface area contributed by atoms with E-state index < -0.39 is 12.0 Å². The molecule has 1 atom stereocenters. The zero-order valence-corrected chi connectivity index (χ0v) is 10.1. The molecule has 0 aliphatic heterocycles. The van der Waals surface area contributed by atoms with E-state index >= 15 is 0 Å². The third-order valence-electron chi connectivity index (χ3n) is 2.25. The summed E-state index contributed by atoms with van der Waals surface area (Å²) in [6.45, 7) is 3.30. The van der Waals surface area contributed by atoms with Crippen molar-refractivity contribution < 1.29 is 14.3 Å². The summed E-state index contributed by atoms with van der Waals surface area (Å²) < 4.78 is 5.05. The van der Waals surface area contributed by atoms with Crippen molar-refractivity contribution in [1.29, 1.82) is 0 Å². The number of amides is 1. The fraction of sp³-hybridized carbons (Fsp3) is 0.385. The molecule has 0 bridgehead atoms. The molecule has 0 saturated heterocycles. The maximum atomic E-state index is 11.4. The van der Waals surface area contributed by atoms with Gasteiger partial charge in [0.1, 0.15) is 6.04 Å². The van der Waals surface area contributed by atoms with Crippen molar-refractivity contribution in [2.75, 3.05) is 6.61 Å². The summed E-state index contributed by atoms with van der Waals surface area (Å²) in [5, 5.41) is 2.48. The highest BCUT2D eigenvalue weighted by molar-refractivity contribution is 5.82. The van der Waals surface area contributed by atoms with E-state index in [1.54, 1.807) is 6.92 Å². The van der Waals surface area contributed by atoms with Crippen LogP contribution in [-0.2, 0) is 20.7 Å². The lowest BCUT2D eigenvalue weighted by Crippen LogP contribution is -2.38. The minimum absolute atomic E-state index is 0.238. The Morgan fingerprint density at radius 1 is 1.29 bits per heavy atom. The molecule has 4 nitrogen and oxygen atoms in total. The number of carbonyl (C=O) groups excluding carboxylic acids is 2. The van der Waals surface area contributed by atoms with Gasteiger partial charge < -0.3 is 10.1 Å². The van der Waals surface area contributed by atoms with Crippen molar-refractivity contribution in [1.82, 2.24) is 5.32 Å². The maximum Gasteiger partial charge on any atom is 0.328 e. The van der Waals surface area contributed by atoms with Gasteiger partial charge in [0.2, 0.25) is 5.91 Å². The van der Waals surface area contributed by atoms with Gasteiger partial charge in [-0.25, -0.2) is 4.79 Å². The molecular formula is C13H17NO3. The zero-order chi connectivity index (χ0) is 12.7. The van der Waals surface area contributed by atoms with Gasteiger partial charge in [-0.05, 0) is 12.5 Å². The number of esters is 1. The molecule has 0 radical (unpaired) electrons. The lowest BCUT2D eigenvalue weighted by atomic mass is 10.2. The summed E-state index contributed by atoms with van der Waals surface area (Å²) in [4.78, 5) is 22.2. The first-order valence-electron chi connectivity index (χ1n) is 5.57. The summed E-state index contributed by atoms with van der Waals surface area (Å²) in [6.07, 6.45) is 0.680. The van der Waals surface area contributed by atoms with E-state index in [9.17, 15) is 9.59 Å². The first kappa shape index (κ1) is 13.2. The van der Waals surface area contributed by atoms with Crippen LogP contribution in [-0.4, -0.2) is 24.5 Å². The Labute approximate surface area is 101 Å². The monoisotopic (exact) mass is 235 g/mol. The highest BCUT2D eigenvalue weighted by Gasteiger charge is 2.14. The van der Waals surface area contributed by atoms with Crippen LogP contribution in [0.25, 0.3) is 0 Å². The van der Waals surface area contributed by atoms with E-state index in [0.29, 0.717) is 13.0 Å². The minimum Gasteiger partial charge on any atom is -0.464 e. The average molecular weight is 235 g/mol. The maximum absolute atomic E-state index is 11.4. The van der Waals surface area contributed by atoms with Crippen LogP contribution in [0, 0.1) is 0 Å². The summed E-state index contributed by atoms with van der Waals surface area (Å²) in [7, 11) is 0. The Bertz CT molecular complexity index is 376. The van der Waals surface area contributed by atoms with E-state index in [2.05, 4.69) is 5.32 Å². The minimum atomic E-state index is -0.594. The molecule has 0 fully saturated rings. The summed E-state index contributed by atoms with van der Waals surface area (Å²) in [5.74, 6) is -0.645. The molecule has 1 amide bonds. The van der Waals surface area contributed by atoms with Crippen LogP contribution in [0.15, 0.2) is 30.3 Å². The second-order valence-corrected chi connectivity index (χ2v) is 3.83. The molecule has 17 heavy (non-hydrogen) atoms. The van der Waals surface area contributed by atoms with Crippen molar-refractivity contribution >= 4 is 11.9 Å². The smallest absolute Gasteiger partial charge is 0.328 e. The van der Waals surface area contributed by atoms with Crippen LogP contribution in [0.3, 0.4) is 0 Å². The molecule has 0 heterocycles.